The molecule has 0 aliphatic carbocycles. The van der Waals surface area contributed by atoms with Gasteiger partial charge in [0.15, 0.2) is 0 Å². The predicted octanol–water partition coefficient (Wildman–Crippen LogP) is 7.86. The summed E-state index contributed by atoms with van der Waals surface area (Å²) < 4.78 is 17.8. The molecule has 0 unspecified atom stereocenters. The van der Waals surface area contributed by atoms with Crippen LogP contribution in [-0.4, -0.2) is 12.5 Å². The van der Waals surface area contributed by atoms with E-state index >= 15 is 0 Å². The fraction of sp³-hybridized carbons (Fsp3) is 0.0938. The molecule has 0 fully saturated rings. The van der Waals surface area contributed by atoms with Gasteiger partial charge in [0, 0.05) is 22.2 Å². The van der Waals surface area contributed by atoms with Crippen LogP contribution >= 0.6 is 0 Å². The van der Waals surface area contributed by atoms with Crippen molar-refractivity contribution in [3.8, 4) is 23.0 Å². The van der Waals surface area contributed by atoms with Crippen molar-refractivity contribution in [2.45, 2.75) is 13.5 Å². The maximum absolute atomic E-state index is 13.0. The molecule has 0 aromatic heterocycles. The Bertz CT molecular complexity index is 1490. The minimum Gasteiger partial charge on any atom is -0.493 e. The lowest BCUT2D eigenvalue weighted by Crippen LogP contribution is -2.13. The lowest BCUT2D eigenvalue weighted by atomic mass is 10.1. The summed E-state index contributed by atoms with van der Waals surface area (Å²) in [4.78, 5) is 13.0. The molecule has 0 aliphatic heterocycles. The van der Waals surface area contributed by atoms with Gasteiger partial charge in [-0.15, -0.1) is 0 Å². The van der Waals surface area contributed by atoms with E-state index in [-0.39, 0.29) is 12.5 Å². The maximum atomic E-state index is 13.0. The number of amides is 1. The number of anilines is 1. The number of para-hydroxylation sites is 1. The van der Waals surface area contributed by atoms with Gasteiger partial charge in [0.1, 0.15) is 29.6 Å². The molecule has 5 heteroatoms. The summed E-state index contributed by atoms with van der Waals surface area (Å²) in [7, 11) is 0. The van der Waals surface area contributed by atoms with Crippen LogP contribution in [-0.2, 0) is 6.61 Å². The third-order valence-electron chi connectivity index (χ3n) is 5.85. The van der Waals surface area contributed by atoms with Gasteiger partial charge in [-0.25, -0.2) is 0 Å². The lowest BCUT2D eigenvalue weighted by molar-refractivity contribution is 0.102. The van der Waals surface area contributed by atoms with Gasteiger partial charge >= 0.3 is 0 Å². The normalized spacial score (nSPS) is 10.6. The smallest absolute Gasteiger partial charge is 0.255 e. The molecular weight excluding hydrogens is 462 g/mol. The molecule has 0 aliphatic rings. The highest BCUT2D eigenvalue weighted by molar-refractivity contribution is 6.04. The zero-order chi connectivity index (χ0) is 25.5. The van der Waals surface area contributed by atoms with E-state index in [1.54, 1.807) is 6.07 Å². The van der Waals surface area contributed by atoms with Crippen molar-refractivity contribution in [3.63, 3.8) is 0 Å². The SMILES string of the molecule is CCOc1ccc(C(=O)Nc2ccc(Oc3ccccc3)cc2)cc1COc1cccc2ccccc12. The third kappa shape index (κ3) is 5.90. The second kappa shape index (κ2) is 11.3. The van der Waals surface area contributed by atoms with Crippen LogP contribution in [0.25, 0.3) is 10.8 Å². The molecule has 1 N–H and O–H groups in total. The average Bonchev–Trinajstić information content (AvgIpc) is 2.94. The predicted molar refractivity (Wildman–Crippen MR) is 147 cm³/mol. The highest BCUT2D eigenvalue weighted by atomic mass is 16.5. The van der Waals surface area contributed by atoms with Gasteiger partial charge in [-0.05, 0) is 73.0 Å². The number of carbonyl (C=O) groups excluding carboxylic acids is 1. The molecule has 0 saturated carbocycles. The van der Waals surface area contributed by atoms with Gasteiger partial charge < -0.3 is 19.5 Å². The summed E-state index contributed by atoms with van der Waals surface area (Å²) in [5, 5.41) is 5.10. The van der Waals surface area contributed by atoms with E-state index in [1.165, 1.54) is 0 Å². The number of hydrogen-bond donors (Lipinski definition) is 1. The van der Waals surface area contributed by atoms with Crippen LogP contribution in [0.2, 0.25) is 0 Å². The number of fused-ring (bicyclic) bond motifs is 1. The molecule has 0 atom stereocenters. The van der Waals surface area contributed by atoms with E-state index in [0.29, 0.717) is 29.4 Å². The second-order valence-corrected chi connectivity index (χ2v) is 8.42. The Labute approximate surface area is 216 Å². The Morgan fingerprint density at radius 3 is 2.24 bits per heavy atom. The molecule has 0 heterocycles. The Morgan fingerprint density at radius 2 is 1.43 bits per heavy atom. The molecule has 0 spiro atoms. The zero-order valence-corrected chi connectivity index (χ0v) is 20.5. The van der Waals surface area contributed by atoms with E-state index in [2.05, 4.69) is 17.4 Å². The zero-order valence-electron chi connectivity index (χ0n) is 20.5. The topological polar surface area (TPSA) is 56.8 Å². The van der Waals surface area contributed by atoms with Crippen LogP contribution in [0.5, 0.6) is 23.0 Å². The number of hydrogen-bond acceptors (Lipinski definition) is 4. The van der Waals surface area contributed by atoms with E-state index in [0.717, 1.165) is 27.8 Å². The van der Waals surface area contributed by atoms with Gasteiger partial charge in [-0.1, -0.05) is 54.6 Å². The fourth-order valence-corrected chi connectivity index (χ4v) is 4.04. The van der Waals surface area contributed by atoms with Gasteiger partial charge in [0.2, 0.25) is 0 Å². The summed E-state index contributed by atoms with van der Waals surface area (Å²) in [6.07, 6.45) is 0. The van der Waals surface area contributed by atoms with Gasteiger partial charge in [0.05, 0.1) is 6.61 Å². The number of benzene rings is 5. The van der Waals surface area contributed by atoms with Gasteiger partial charge in [-0.3, -0.25) is 4.79 Å². The van der Waals surface area contributed by atoms with Crippen molar-refractivity contribution in [3.05, 3.63) is 126 Å². The Kier molecular flexibility index (Phi) is 7.32. The number of carbonyl (C=O) groups is 1. The minimum atomic E-state index is -0.216. The summed E-state index contributed by atoms with van der Waals surface area (Å²) in [5.74, 6) is 2.71. The molecule has 0 bridgehead atoms. The quantitative estimate of drug-likeness (QED) is 0.229. The molecule has 5 aromatic rings. The highest BCUT2D eigenvalue weighted by Gasteiger charge is 2.13. The summed E-state index contributed by atoms with van der Waals surface area (Å²) in [6, 6.07) is 36.3. The fourth-order valence-electron chi connectivity index (χ4n) is 4.04. The van der Waals surface area contributed by atoms with Crippen LogP contribution in [0.1, 0.15) is 22.8 Å². The first kappa shape index (κ1) is 23.9. The van der Waals surface area contributed by atoms with Crippen LogP contribution < -0.4 is 19.5 Å². The van der Waals surface area contributed by atoms with Crippen molar-refractivity contribution >= 4 is 22.4 Å². The Hall–Kier alpha value is -4.77. The standard InChI is InChI=1S/C32H27NO4/c1-2-35-30-20-15-24(21-25(30)22-36-31-14-8-10-23-9-6-7-13-29(23)31)32(34)33-26-16-18-28(19-17-26)37-27-11-4-3-5-12-27/h3-21H,2,22H2,1H3,(H,33,34). The molecule has 5 aromatic carbocycles. The van der Waals surface area contributed by atoms with Crippen LogP contribution in [0, 0.1) is 0 Å². The van der Waals surface area contributed by atoms with E-state index in [9.17, 15) is 4.79 Å². The molecular formula is C32H27NO4. The lowest BCUT2D eigenvalue weighted by Gasteiger charge is -2.14. The molecule has 37 heavy (non-hydrogen) atoms. The first-order valence-corrected chi connectivity index (χ1v) is 12.2. The molecule has 0 radical (unpaired) electrons. The van der Waals surface area contributed by atoms with E-state index in [4.69, 9.17) is 14.2 Å². The first-order valence-electron chi connectivity index (χ1n) is 12.2. The summed E-state index contributed by atoms with van der Waals surface area (Å²) >= 11 is 0. The third-order valence-corrected chi connectivity index (χ3v) is 5.85. The van der Waals surface area contributed by atoms with Crippen molar-refractivity contribution in [1.29, 1.82) is 0 Å². The van der Waals surface area contributed by atoms with Crippen LogP contribution in [0.3, 0.4) is 0 Å². The van der Waals surface area contributed by atoms with Crippen LogP contribution in [0.4, 0.5) is 5.69 Å². The van der Waals surface area contributed by atoms with Crippen LogP contribution in [0.15, 0.2) is 115 Å². The molecule has 5 nitrogen and oxygen atoms in total. The monoisotopic (exact) mass is 489 g/mol. The van der Waals surface area contributed by atoms with Crippen molar-refractivity contribution in [2.24, 2.45) is 0 Å². The largest absolute Gasteiger partial charge is 0.493 e. The first-order chi connectivity index (χ1) is 18.2. The average molecular weight is 490 g/mol. The van der Waals surface area contributed by atoms with Crippen molar-refractivity contribution < 1.29 is 19.0 Å². The Balaban J connectivity index is 1.29. The molecule has 0 saturated heterocycles. The van der Waals surface area contributed by atoms with Gasteiger partial charge in [-0.2, -0.15) is 0 Å². The Morgan fingerprint density at radius 1 is 0.703 bits per heavy atom. The summed E-state index contributed by atoms with van der Waals surface area (Å²) in [6.45, 7) is 2.72. The number of nitrogens with one attached hydrogen (secondary N) is 1. The van der Waals surface area contributed by atoms with Gasteiger partial charge in [0.25, 0.3) is 5.91 Å². The van der Waals surface area contributed by atoms with E-state index < -0.39 is 0 Å². The molecule has 1 amide bonds. The summed E-state index contributed by atoms with van der Waals surface area (Å²) in [5.41, 5.74) is 1.99. The maximum Gasteiger partial charge on any atom is 0.255 e. The number of rotatable bonds is 9. The van der Waals surface area contributed by atoms with Crippen molar-refractivity contribution in [1.82, 2.24) is 0 Å². The highest BCUT2D eigenvalue weighted by Crippen LogP contribution is 2.29. The minimum absolute atomic E-state index is 0.216. The molecule has 184 valence electrons. The van der Waals surface area contributed by atoms with E-state index in [1.807, 2.05) is 104 Å². The number of ether oxygens (including phenoxy) is 3. The molecule has 5 rings (SSSR count). The second-order valence-electron chi connectivity index (χ2n) is 8.42. The van der Waals surface area contributed by atoms with Crippen molar-refractivity contribution in [2.75, 3.05) is 11.9 Å².